The van der Waals surface area contributed by atoms with Crippen LogP contribution in [0, 0.1) is 0 Å². The van der Waals surface area contributed by atoms with Crippen molar-refractivity contribution in [3.05, 3.63) is 18.2 Å². The Bertz CT molecular complexity index is 227. The van der Waals surface area contributed by atoms with Crippen LogP contribution in [0.4, 0.5) is 5.69 Å². The minimum atomic E-state index is 0.198. The van der Waals surface area contributed by atoms with Crippen LogP contribution in [0.1, 0.15) is 0 Å². The number of anilines is 1. The van der Waals surface area contributed by atoms with E-state index in [2.05, 4.69) is 4.89 Å². The van der Waals surface area contributed by atoms with Crippen LogP contribution in [0.3, 0.4) is 0 Å². The molecule has 60 valence electrons. The smallest absolute Gasteiger partial charge is 0.191 e. The Hall–Kier alpha value is -1.42. The summed E-state index contributed by atoms with van der Waals surface area (Å²) in [5, 5.41) is 8.30. The number of hydrogen-bond acceptors (Lipinski definition) is 4. The first-order valence-corrected chi connectivity index (χ1v) is 3.03. The van der Waals surface area contributed by atoms with Crippen LogP contribution in [-0.4, -0.2) is 12.4 Å². The third-order valence-electron chi connectivity index (χ3n) is 1.34. The van der Waals surface area contributed by atoms with E-state index in [9.17, 15) is 0 Å². The summed E-state index contributed by atoms with van der Waals surface area (Å²) in [6, 6.07) is 4.89. The topological polar surface area (TPSA) is 64.7 Å². The molecule has 1 aromatic carbocycles. The largest absolute Gasteiger partial charge is 0.494 e. The number of rotatable bonds is 2. The van der Waals surface area contributed by atoms with Crippen LogP contribution in [-0.2, 0) is 0 Å². The highest BCUT2D eigenvalue weighted by molar-refractivity contribution is 5.62. The van der Waals surface area contributed by atoms with Gasteiger partial charge in [-0.3, -0.25) is 0 Å². The van der Waals surface area contributed by atoms with Gasteiger partial charge in [0.05, 0.1) is 7.11 Å². The summed E-state index contributed by atoms with van der Waals surface area (Å²) in [5.41, 5.74) is 5.78. The maximum atomic E-state index is 8.30. The second-order valence-corrected chi connectivity index (χ2v) is 1.96. The zero-order chi connectivity index (χ0) is 8.27. The third-order valence-corrected chi connectivity index (χ3v) is 1.34. The highest BCUT2D eigenvalue weighted by Crippen LogP contribution is 2.30. The molecule has 4 heteroatoms. The van der Waals surface area contributed by atoms with Crippen LogP contribution >= 0.6 is 0 Å². The molecule has 0 amide bonds. The van der Waals surface area contributed by atoms with Crippen LogP contribution in [0.25, 0.3) is 0 Å². The molecule has 0 radical (unpaired) electrons. The first-order valence-electron chi connectivity index (χ1n) is 3.03. The van der Waals surface area contributed by atoms with E-state index in [0.29, 0.717) is 5.75 Å². The number of para-hydroxylation sites is 1. The molecule has 0 atom stereocenters. The predicted octanol–water partition coefficient (Wildman–Crippen LogP) is 1.13. The lowest BCUT2D eigenvalue weighted by Gasteiger charge is -2.05. The average Bonchev–Trinajstić information content (AvgIpc) is 2.05. The maximum absolute atomic E-state index is 8.30. The fourth-order valence-corrected chi connectivity index (χ4v) is 0.781. The van der Waals surface area contributed by atoms with Gasteiger partial charge in [0, 0.05) is 0 Å². The molecule has 11 heavy (non-hydrogen) atoms. The zero-order valence-corrected chi connectivity index (χ0v) is 6.07. The van der Waals surface area contributed by atoms with Crippen molar-refractivity contribution in [3.8, 4) is 11.5 Å². The lowest BCUT2D eigenvalue weighted by molar-refractivity contribution is -0.136. The molecule has 0 saturated heterocycles. The standard InChI is InChI=1S/C7H9NO3/c1-10-5-3-2-4-6(11-9)7(5)8/h2-4,9H,8H2,1H3. The number of ether oxygens (including phenoxy) is 1. The normalized spacial score (nSPS) is 9.27. The highest BCUT2D eigenvalue weighted by atomic mass is 17.1. The van der Waals surface area contributed by atoms with Gasteiger partial charge in [0.2, 0.25) is 0 Å². The van der Waals surface area contributed by atoms with E-state index in [1.165, 1.54) is 13.2 Å². The molecule has 0 unspecified atom stereocenters. The third kappa shape index (κ3) is 1.35. The minimum absolute atomic E-state index is 0.198. The lowest BCUT2D eigenvalue weighted by atomic mass is 10.3. The van der Waals surface area contributed by atoms with Gasteiger partial charge in [0.15, 0.2) is 5.75 Å². The monoisotopic (exact) mass is 155 g/mol. The number of benzene rings is 1. The van der Waals surface area contributed by atoms with E-state index in [1.54, 1.807) is 12.1 Å². The second-order valence-electron chi connectivity index (χ2n) is 1.96. The Kier molecular flexibility index (Phi) is 2.18. The Morgan fingerprint density at radius 2 is 2.00 bits per heavy atom. The van der Waals surface area contributed by atoms with Gasteiger partial charge in [0.1, 0.15) is 11.4 Å². The minimum Gasteiger partial charge on any atom is -0.494 e. The van der Waals surface area contributed by atoms with Crippen molar-refractivity contribution in [1.82, 2.24) is 0 Å². The van der Waals surface area contributed by atoms with Crippen molar-refractivity contribution >= 4 is 5.69 Å². The summed E-state index contributed by atoms with van der Waals surface area (Å²) in [6.07, 6.45) is 0. The molecule has 1 aromatic rings. The summed E-state index contributed by atoms with van der Waals surface area (Å²) in [6.45, 7) is 0. The average molecular weight is 155 g/mol. The van der Waals surface area contributed by atoms with Gasteiger partial charge in [-0.2, -0.15) is 0 Å². The van der Waals surface area contributed by atoms with Crippen LogP contribution in [0.2, 0.25) is 0 Å². The van der Waals surface area contributed by atoms with Crippen LogP contribution in [0.5, 0.6) is 11.5 Å². The molecule has 0 aliphatic heterocycles. The highest BCUT2D eigenvalue weighted by Gasteiger charge is 2.04. The molecule has 1 rings (SSSR count). The van der Waals surface area contributed by atoms with Crippen molar-refractivity contribution in [3.63, 3.8) is 0 Å². The Morgan fingerprint density at radius 1 is 1.36 bits per heavy atom. The quantitative estimate of drug-likeness (QED) is 0.381. The number of methoxy groups -OCH3 is 1. The SMILES string of the molecule is COc1cccc(OO)c1N. The van der Waals surface area contributed by atoms with Crippen molar-refractivity contribution in [2.24, 2.45) is 0 Å². The Labute approximate surface area is 64.1 Å². The summed E-state index contributed by atoms with van der Waals surface area (Å²) in [4.78, 5) is 3.98. The van der Waals surface area contributed by atoms with Crippen molar-refractivity contribution in [2.75, 3.05) is 12.8 Å². The van der Waals surface area contributed by atoms with E-state index in [-0.39, 0.29) is 11.4 Å². The molecule has 0 aliphatic rings. The van der Waals surface area contributed by atoms with Gasteiger partial charge in [-0.05, 0) is 12.1 Å². The van der Waals surface area contributed by atoms with Gasteiger partial charge in [-0.25, -0.2) is 5.26 Å². The predicted molar refractivity (Wildman–Crippen MR) is 40.7 cm³/mol. The lowest BCUT2D eigenvalue weighted by Crippen LogP contribution is -1.95. The molecule has 0 saturated carbocycles. The van der Waals surface area contributed by atoms with E-state index in [0.717, 1.165) is 0 Å². The number of hydrogen-bond donors (Lipinski definition) is 2. The fourth-order valence-electron chi connectivity index (χ4n) is 0.781. The zero-order valence-electron chi connectivity index (χ0n) is 6.07. The van der Waals surface area contributed by atoms with E-state index < -0.39 is 0 Å². The van der Waals surface area contributed by atoms with Gasteiger partial charge < -0.3 is 15.4 Å². The van der Waals surface area contributed by atoms with Gasteiger partial charge in [0.25, 0.3) is 0 Å². The molecule has 0 heterocycles. The first-order chi connectivity index (χ1) is 5.29. The fraction of sp³-hybridized carbons (Fsp3) is 0.143. The number of nitrogen functional groups attached to an aromatic ring is 1. The van der Waals surface area contributed by atoms with Gasteiger partial charge in [-0.1, -0.05) is 6.07 Å². The molecule has 0 aromatic heterocycles. The van der Waals surface area contributed by atoms with E-state index >= 15 is 0 Å². The molecule has 3 N–H and O–H groups in total. The molecule has 4 nitrogen and oxygen atoms in total. The van der Waals surface area contributed by atoms with Crippen molar-refractivity contribution < 1.29 is 14.9 Å². The molecular weight excluding hydrogens is 146 g/mol. The second kappa shape index (κ2) is 3.12. The first kappa shape index (κ1) is 7.68. The van der Waals surface area contributed by atoms with Gasteiger partial charge >= 0.3 is 0 Å². The molecule has 0 aliphatic carbocycles. The Morgan fingerprint density at radius 3 is 2.55 bits per heavy atom. The summed E-state index contributed by atoms with van der Waals surface area (Å²) in [7, 11) is 1.49. The van der Waals surface area contributed by atoms with Crippen molar-refractivity contribution in [1.29, 1.82) is 0 Å². The van der Waals surface area contributed by atoms with Crippen LogP contribution < -0.4 is 15.4 Å². The van der Waals surface area contributed by atoms with Crippen LogP contribution in [0.15, 0.2) is 18.2 Å². The summed E-state index contributed by atoms with van der Waals surface area (Å²) < 4.78 is 4.87. The van der Waals surface area contributed by atoms with Gasteiger partial charge in [-0.15, -0.1) is 0 Å². The van der Waals surface area contributed by atoms with Crippen molar-refractivity contribution in [2.45, 2.75) is 0 Å². The van der Waals surface area contributed by atoms with E-state index in [1.807, 2.05) is 0 Å². The molecular formula is C7H9NO3. The molecule has 0 bridgehead atoms. The maximum Gasteiger partial charge on any atom is 0.191 e. The summed E-state index contributed by atoms with van der Waals surface area (Å²) >= 11 is 0. The molecule has 0 fully saturated rings. The van der Waals surface area contributed by atoms with E-state index in [4.69, 9.17) is 15.7 Å². The molecule has 0 spiro atoms. The summed E-state index contributed by atoms with van der Waals surface area (Å²) in [5.74, 6) is 0.681. The number of nitrogens with two attached hydrogens (primary N) is 1. The Balaban J connectivity index is 3.10.